The van der Waals surface area contributed by atoms with E-state index in [9.17, 15) is 4.79 Å². The molecule has 2 aliphatic rings. The Balaban J connectivity index is 1.57. The molecule has 1 amide bonds. The molecule has 22 heavy (non-hydrogen) atoms. The first kappa shape index (κ1) is 15.5. The number of amides is 1. The second-order valence-corrected chi connectivity index (χ2v) is 6.97. The van der Waals surface area contributed by atoms with E-state index in [0.29, 0.717) is 24.4 Å². The molecule has 2 atom stereocenters. The van der Waals surface area contributed by atoms with Gasteiger partial charge >= 0.3 is 0 Å². The lowest BCUT2D eigenvalue weighted by Crippen LogP contribution is -2.47. The minimum absolute atomic E-state index is 0.350. The van der Waals surface area contributed by atoms with Crippen LogP contribution in [0.25, 0.3) is 0 Å². The average Bonchev–Trinajstić information content (AvgIpc) is 3.14. The van der Waals surface area contributed by atoms with Gasteiger partial charge in [0.25, 0.3) is 0 Å². The maximum atomic E-state index is 12.7. The monoisotopic (exact) mass is 300 g/mol. The zero-order valence-corrected chi connectivity index (χ0v) is 13.9. The first-order valence-electron chi connectivity index (χ1n) is 8.70. The molecule has 0 radical (unpaired) electrons. The number of hydrogen-bond acceptors (Lipinski definition) is 2. The van der Waals surface area contributed by atoms with Crippen LogP contribution in [0.2, 0.25) is 0 Å². The molecule has 3 heteroatoms. The molecule has 0 N–H and O–H groups in total. The molecule has 2 saturated heterocycles. The Bertz CT molecular complexity index is 511. The van der Waals surface area contributed by atoms with Crippen LogP contribution in [0.5, 0.6) is 0 Å². The van der Waals surface area contributed by atoms with Gasteiger partial charge in [0.1, 0.15) is 0 Å². The van der Waals surface area contributed by atoms with E-state index in [0.717, 1.165) is 13.0 Å². The van der Waals surface area contributed by atoms with E-state index < -0.39 is 0 Å². The molecular formula is C19H28N2O. The van der Waals surface area contributed by atoms with Crippen LogP contribution in [0.15, 0.2) is 24.3 Å². The van der Waals surface area contributed by atoms with E-state index in [1.54, 1.807) is 0 Å². The second kappa shape index (κ2) is 6.82. The van der Waals surface area contributed by atoms with Gasteiger partial charge in [0.2, 0.25) is 5.91 Å². The lowest BCUT2D eigenvalue weighted by molar-refractivity contribution is -0.132. The van der Waals surface area contributed by atoms with Gasteiger partial charge in [0, 0.05) is 25.0 Å². The number of likely N-dealkylation sites (N-methyl/N-ethyl adjacent to an activating group) is 1. The number of hydrogen-bond donors (Lipinski definition) is 0. The van der Waals surface area contributed by atoms with Gasteiger partial charge in [-0.3, -0.25) is 4.79 Å². The molecule has 3 rings (SSSR count). The van der Waals surface area contributed by atoms with Crippen molar-refractivity contribution in [3.8, 4) is 0 Å². The molecule has 0 saturated carbocycles. The Morgan fingerprint density at radius 3 is 2.45 bits per heavy atom. The fourth-order valence-electron chi connectivity index (χ4n) is 4.07. The third-order valence-electron chi connectivity index (χ3n) is 5.39. The van der Waals surface area contributed by atoms with Crippen LogP contribution in [-0.4, -0.2) is 47.9 Å². The Morgan fingerprint density at radius 1 is 1.09 bits per heavy atom. The molecule has 0 unspecified atom stereocenters. The van der Waals surface area contributed by atoms with Crippen LogP contribution in [0.3, 0.4) is 0 Å². The first-order valence-corrected chi connectivity index (χ1v) is 8.70. The summed E-state index contributed by atoms with van der Waals surface area (Å²) in [6.45, 7) is 4.25. The summed E-state index contributed by atoms with van der Waals surface area (Å²) in [5.74, 6) is 0.350. The van der Waals surface area contributed by atoms with Gasteiger partial charge in [-0.25, -0.2) is 0 Å². The highest BCUT2D eigenvalue weighted by molar-refractivity contribution is 5.77. The van der Waals surface area contributed by atoms with Gasteiger partial charge in [0.15, 0.2) is 0 Å². The summed E-state index contributed by atoms with van der Waals surface area (Å²) in [7, 11) is 2.21. The zero-order valence-electron chi connectivity index (χ0n) is 13.9. The Kier molecular flexibility index (Phi) is 4.82. The number of carbonyl (C=O) groups is 1. The molecule has 2 heterocycles. The summed E-state index contributed by atoms with van der Waals surface area (Å²) in [4.78, 5) is 17.3. The maximum Gasteiger partial charge on any atom is 0.223 e. The lowest BCUT2D eigenvalue weighted by Gasteiger charge is -2.33. The minimum Gasteiger partial charge on any atom is -0.338 e. The maximum absolute atomic E-state index is 12.7. The van der Waals surface area contributed by atoms with Crippen LogP contribution in [0, 0.1) is 6.92 Å². The highest BCUT2D eigenvalue weighted by atomic mass is 16.2. The van der Waals surface area contributed by atoms with Gasteiger partial charge < -0.3 is 9.80 Å². The van der Waals surface area contributed by atoms with Gasteiger partial charge in [-0.15, -0.1) is 0 Å². The minimum atomic E-state index is 0.350. The van der Waals surface area contributed by atoms with Crippen LogP contribution < -0.4 is 0 Å². The van der Waals surface area contributed by atoms with E-state index in [4.69, 9.17) is 0 Å². The quantitative estimate of drug-likeness (QED) is 0.853. The Morgan fingerprint density at radius 2 is 1.77 bits per heavy atom. The summed E-state index contributed by atoms with van der Waals surface area (Å²) in [6, 6.07) is 9.60. The summed E-state index contributed by atoms with van der Waals surface area (Å²) in [5.41, 5.74) is 2.55. The molecule has 120 valence electrons. The highest BCUT2D eigenvalue weighted by Gasteiger charge is 2.37. The molecular weight excluding hydrogens is 272 g/mol. The summed E-state index contributed by atoms with van der Waals surface area (Å²) >= 11 is 0. The zero-order chi connectivity index (χ0) is 15.5. The number of carbonyl (C=O) groups excluding carboxylic acids is 1. The Hall–Kier alpha value is -1.35. The number of benzene rings is 1. The molecule has 1 aromatic carbocycles. The van der Waals surface area contributed by atoms with Crippen molar-refractivity contribution >= 4 is 5.91 Å². The van der Waals surface area contributed by atoms with Crippen molar-refractivity contribution in [2.45, 2.75) is 57.5 Å². The fourth-order valence-corrected chi connectivity index (χ4v) is 4.07. The smallest absolute Gasteiger partial charge is 0.223 e. The fraction of sp³-hybridized carbons (Fsp3) is 0.632. The van der Waals surface area contributed by atoms with Crippen molar-refractivity contribution in [3.63, 3.8) is 0 Å². The number of likely N-dealkylation sites (tertiary alicyclic amines) is 2. The van der Waals surface area contributed by atoms with Crippen molar-refractivity contribution in [3.05, 3.63) is 35.4 Å². The van der Waals surface area contributed by atoms with Gasteiger partial charge in [0.05, 0.1) is 0 Å². The van der Waals surface area contributed by atoms with Crippen molar-refractivity contribution in [1.29, 1.82) is 0 Å². The topological polar surface area (TPSA) is 23.6 Å². The first-order chi connectivity index (χ1) is 10.6. The van der Waals surface area contributed by atoms with Gasteiger partial charge in [-0.2, -0.15) is 0 Å². The third-order valence-corrected chi connectivity index (χ3v) is 5.39. The van der Waals surface area contributed by atoms with Crippen molar-refractivity contribution in [1.82, 2.24) is 9.80 Å². The average molecular weight is 300 g/mol. The molecule has 3 nitrogen and oxygen atoms in total. The molecule has 0 aromatic heterocycles. The molecule has 0 aliphatic carbocycles. The summed E-state index contributed by atoms with van der Waals surface area (Å²) in [6.07, 6.45) is 6.40. The largest absolute Gasteiger partial charge is 0.338 e. The predicted octanol–water partition coefficient (Wildman–Crippen LogP) is 3.01. The number of rotatable bonds is 4. The van der Waals surface area contributed by atoms with E-state index >= 15 is 0 Å². The predicted molar refractivity (Wildman–Crippen MR) is 89.9 cm³/mol. The van der Waals surface area contributed by atoms with Crippen molar-refractivity contribution < 1.29 is 4.79 Å². The highest BCUT2D eigenvalue weighted by Crippen LogP contribution is 2.29. The van der Waals surface area contributed by atoms with Crippen LogP contribution in [0.4, 0.5) is 0 Å². The van der Waals surface area contributed by atoms with E-state index in [2.05, 4.69) is 48.0 Å². The van der Waals surface area contributed by atoms with E-state index in [-0.39, 0.29) is 0 Å². The molecule has 0 bridgehead atoms. The number of aryl methyl sites for hydroxylation is 2. The second-order valence-electron chi connectivity index (χ2n) is 6.97. The molecule has 2 aliphatic heterocycles. The van der Waals surface area contributed by atoms with Gasteiger partial charge in [-0.05, 0) is 58.2 Å². The van der Waals surface area contributed by atoms with Gasteiger partial charge in [-0.1, -0.05) is 29.8 Å². The SMILES string of the molecule is Cc1ccc(CCC(=O)N2CCC[C@@H]2[C@@H]2CCCN2C)cc1. The van der Waals surface area contributed by atoms with Crippen LogP contribution in [0.1, 0.15) is 43.2 Å². The Labute approximate surface area is 134 Å². The lowest BCUT2D eigenvalue weighted by atomic mass is 10.0. The van der Waals surface area contributed by atoms with E-state index in [1.165, 1.54) is 43.4 Å². The summed E-state index contributed by atoms with van der Waals surface area (Å²) < 4.78 is 0. The molecule has 2 fully saturated rings. The standard InChI is InChI=1S/C19H28N2O/c1-15-7-9-16(10-8-15)11-12-19(22)21-14-4-6-18(21)17-5-3-13-20(17)2/h7-10,17-18H,3-6,11-14H2,1-2H3/t17-,18+/m0/s1. The number of nitrogens with zero attached hydrogens (tertiary/aromatic N) is 2. The normalized spacial score (nSPS) is 25.8. The molecule has 1 aromatic rings. The summed E-state index contributed by atoms with van der Waals surface area (Å²) in [5, 5.41) is 0. The van der Waals surface area contributed by atoms with Crippen molar-refractivity contribution in [2.24, 2.45) is 0 Å². The van der Waals surface area contributed by atoms with E-state index in [1.807, 2.05) is 0 Å². The molecule has 0 spiro atoms. The van der Waals surface area contributed by atoms with Crippen molar-refractivity contribution in [2.75, 3.05) is 20.1 Å². The van der Waals surface area contributed by atoms with Crippen LogP contribution in [-0.2, 0) is 11.2 Å². The van der Waals surface area contributed by atoms with Crippen LogP contribution >= 0.6 is 0 Å². The third kappa shape index (κ3) is 3.35.